The van der Waals surface area contributed by atoms with Crippen molar-refractivity contribution in [2.24, 2.45) is 0 Å². The van der Waals surface area contributed by atoms with Gasteiger partial charge in [0.2, 0.25) is 17.7 Å². The van der Waals surface area contributed by atoms with Gasteiger partial charge >= 0.3 is 0 Å². The zero-order chi connectivity index (χ0) is 27.9. The highest BCUT2D eigenvalue weighted by molar-refractivity contribution is 6.03. The van der Waals surface area contributed by atoms with Crippen LogP contribution in [0.25, 0.3) is 0 Å². The molecule has 38 heavy (non-hydrogen) atoms. The molecule has 10 heteroatoms. The molecule has 0 spiro atoms. The number of carbonyl (C=O) groups is 3. The van der Waals surface area contributed by atoms with Crippen molar-refractivity contribution in [2.45, 2.75) is 58.5 Å². The van der Waals surface area contributed by atoms with E-state index in [1.54, 1.807) is 43.3 Å². The average Bonchev–Trinajstić information content (AvgIpc) is 3.29. The van der Waals surface area contributed by atoms with Crippen molar-refractivity contribution in [3.8, 4) is 5.75 Å². The molecule has 0 radical (unpaired) electrons. The topological polar surface area (TPSA) is 114 Å². The van der Waals surface area contributed by atoms with Crippen molar-refractivity contribution in [1.82, 2.24) is 10.5 Å². The Labute approximate surface area is 221 Å². The summed E-state index contributed by atoms with van der Waals surface area (Å²) in [6.07, 6.45) is 0.216. The summed E-state index contributed by atoms with van der Waals surface area (Å²) in [5.41, 5.74) is 0.122. The Balaban J connectivity index is 1.97. The minimum absolute atomic E-state index is 0.187. The number of amides is 3. The molecule has 0 saturated heterocycles. The molecule has 0 bridgehead atoms. The maximum Gasteiger partial charge on any atom is 0.248 e. The van der Waals surface area contributed by atoms with E-state index in [0.29, 0.717) is 23.5 Å². The summed E-state index contributed by atoms with van der Waals surface area (Å²) in [7, 11) is 1.52. The van der Waals surface area contributed by atoms with Gasteiger partial charge in [0, 0.05) is 30.1 Å². The van der Waals surface area contributed by atoms with Crippen LogP contribution in [-0.2, 0) is 14.4 Å². The Morgan fingerprint density at radius 3 is 2.39 bits per heavy atom. The number of carbonyl (C=O) groups excluding carboxylic acids is 3. The third-order valence-electron chi connectivity index (χ3n) is 6.10. The van der Waals surface area contributed by atoms with Gasteiger partial charge in [-0.15, -0.1) is 0 Å². The van der Waals surface area contributed by atoms with Gasteiger partial charge in [-0.05, 0) is 63.1 Å². The molecule has 0 unspecified atom stereocenters. The van der Waals surface area contributed by atoms with Gasteiger partial charge in [-0.25, -0.2) is 4.39 Å². The molecule has 2 N–H and O–H groups in total. The van der Waals surface area contributed by atoms with Crippen LogP contribution in [0.15, 0.2) is 59.1 Å². The van der Waals surface area contributed by atoms with Gasteiger partial charge in [0.15, 0.2) is 5.82 Å². The van der Waals surface area contributed by atoms with E-state index in [9.17, 15) is 18.8 Å². The predicted octanol–water partition coefficient (Wildman–Crippen LogP) is 4.93. The second kappa shape index (κ2) is 12.4. The van der Waals surface area contributed by atoms with Crippen LogP contribution >= 0.6 is 0 Å². The van der Waals surface area contributed by atoms with Crippen LogP contribution < -0.4 is 20.3 Å². The number of hydrogen-bond acceptors (Lipinski definition) is 6. The van der Waals surface area contributed by atoms with Gasteiger partial charge < -0.3 is 19.9 Å². The second-order valence-electron chi connectivity index (χ2n) is 9.52. The Bertz CT molecular complexity index is 1270. The number of hydrogen-bond donors (Lipinski definition) is 2. The van der Waals surface area contributed by atoms with Crippen molar-refractivity contribution < 1.29 is 28.0 Å². The molecule has 0 aliphatic rings. The molecule has 202 valence electrons. The van der Waals surface area contributed by atoms with E-state index >= 15 is 0 Å². The van der Waals surface area contributed by atoms with Crippen molar-refractivity contribution in [3.05, 3.63) is 71.7 Å². The predicted molar refractivity (Wildman–Crippen MR) is 141 cm³/mol. The zero-order valence-electron chi connectivity index (χ0n) is 22.2. The molecule has 1 atom stereocenters. The van der Waals surface area contributed by atoms with Gasteiger partial charge in [-0.2, -0.15) is 0 Å². The number of methoxy groups -OCH3 is 1. The number of aryl methyl sites for hydroxylation is 1. The van der Waals surface area contributed by atoms with Gasteiger partial charge in [0.1, 0.15) is 23.4 Å². The monoisotopic (exact) mass is 524 g/mol. The first-order chi connectivity index (χ1) is 18.0. The van der Waals surface area contributed by atoms with Crippen molar-refractivity contribution in [2.75, 3.05) is 17.3 Å². The SMILES string of the molecule is CCC(C)(C)NC(=O)[C@H](c1ccc(OC)cc1)N(C(=O)CCC(=O)Nc1cc(C)on1)c1cccc(F)c1. The Morgan fingerprint density at radius 1 is 1.11 bits per heavy atom. The lowest BCUT2D eigenvalue weighted by Gasteiger charge is -2.34. The lowest BCUT2D eigenvalue weighted by atomic mass is 9.98. The molecular formula is C28H33FN4O5. The molecule has 3 amide bonds. The van der Waals surface area contributed by atoms with Gasteiger partial charge in [0.25, 0.3) is 0 Å². The largest absolute Gasteiger partial charge is 0.497 e. The fourth-order valence-corrected chi connectivity index (χ4v) is 3.73. The highest BCUT2D eigenvalue weighted by Gasteiger charge is 2.35. The first kappa shape index (κ1) is 28.4. The van der Waals surface area contributed by atoms with E-state index in [4.69, 9.17) is 9.26 Å². The summed E-state index contributed by atoms with van der Waals surface area (Å²) < 4.78 is 24.5. The third-order valence-corrected chi connectivity index (χ3v) is 6.10. The fraction of sp³-hybridized carbons (Fsp3) is 0.357. The van der Waals surface area contributed by atoms with Crippen LogP contribution in [0.1, 0.15) is 57.4 Å². The molecule has 0 aliphatic heterocycles. The number of ether oxygens (including phenoxy) is 1. The summed E-state index contributed by atoms with van der Waals surface area (Å²) >= 11 is 0. The highest BCUT2D eigenvalue weighted by Crippen LogP contribution is 2.31. The minimum atomic E-state index is -1.14. The second-order valence-corrected chi connectivity index (χ2v) is 9.52. The summed E-state index contributed by atoms with van der Waals surface area (Å²) in [5.74, 6) is -0.665. The summed E-state index contributed by atoms with van der Waals surface area (Å²) in [4.78, 5) is 41.1. The molecule has 3 rings (SSSR count). The Kier molecular flexibility index (Phi) is 9.22. The van der Waals surface area contributed by atoms with Crippen LogP contribution in [0.3, 0.4) is 0 Å². The number of halogens is 1. The third kappa shape index (κ3) is 7.41. The van der Waals surface area contributed by atoms with Crippen LogP contribution in [0.5, 0.6) is 5.75 Å². The van der Waals surface area contributed by atoms with E-state index in [-0.39, 0.29) is 24.3 Å². The Morgan fingerprint density at radius 2 is 1.82 bits per heavy atom. The molecular weight excluding hydrogens is 491 g/mol. The lowest BCUT2D eigenvalue weighted by Crippen LogP contribution is -2.50. The maximum atomic E-state index is 14.3. The van der Waals surface area contributed by atoms with Gasteiger partial charge in [0.05, 0.1) is 7.11 Å². The van der Waals surface area contributed by atoms with Crippen molar-refractivity contribution in [3.63, 3.8) is 0 Å². The molecule has 3 aromatic rings. The first-order valence-electron chi connectivity index (χ1n) is 12.3. The van der Waals surface area contributed by atoms with Gasteiger partial charge in [-0.3, -0.25) is 19.3 Å². The number of benzene rings is 2. The molecule has 2 aromatic carbocycles. The highest BCUT2D eigenvalue weighted by atomic mass is 19.1. The van der Waals surface area contributed by atoms with E-state index in [1.807, 2.05) is 20.8 Å². The van der Waals surface area contributed by atoms with Crippen LogP contribution in [-0.4, -0.2) is 35.5 Å². The quantitative estimate of drug-likeness (QED) is 0.368. The molecule has 1 heterocycles. The fourth-order valence-electron chi connectivity index (χ4n) is 3.73. The minimum Gasteiger partial charge on any atom is -0.497 e. The van der Waals surface area contributed by atoms with E-state index in [2.05, 4.69) is 15.8 Å². The summed E-state index contributed by atoms with van der Waals surface area (Å²) in [6, 6.07) is 12.6. The Hall–Kier alpha value is -4.21. The number of anilines is 2. The normalized spacial score (nSPS) is 11.9. The zero-order valence-corrected chi connectivity index (χ0v) is 22.2. The number of rotatable bonds is 11. The van der Waals surface area contributed by atoms with E-state index in [0.717, 1.165) is 0 Å². The summed E-state index contributed by atoms with van der Waals surface area (Å²) in [6.45, 7) is 7.38. The van der Waals surface area contributed by atoms with Crippen LogP contribution in [0.2, 0.25) is 0 Å². The van der Waals surface area contributed by atoms with Gasteiger partial charge in [-0.1, -0.05) is 30.3 Å². The lowest BCUT2D eigenvalue weighted by molar-refractivity contribution is -0.128. The number of aromatic nitrogens is 1. The van der Waals surface area contributed by atoms with E-state index in [1.165, 1.54) is 30.2 Å². The number of nitrogens with one attached hydrogen (secondary N) is 2. The average molecular weight is 525 g/mol. The molecule has 0 aliphatic carbocycles. The molecule has 1 aromatic heterocycles. The standard InChI is InChI=1S/C28H33FN4O5/c1-6-28(3,4)31-27(36)26(19-10-12-22(37-5)13-11-19)33(21-9-7-8-20(29)17-21)25(35)15-14-24(34)30-23-16-18(2)38-32-23/h7-13,16-17,26H,6,14-15H2,1-5H3,(H,31,36)(H,30,32,34)/t26-/m0/s1. The molecule has 9 nitrogen and oxygen atoms in total. The molecule has 0 fully saturated rings. The molecule has 0 saturated carbocycles. The van der Waals surface area contributed by atoms with Crippen LogP contribution in [0, 0.1) is 12.7 Å². The van der Waals surface area contributed by atoms with Crippen LogP contribution in [0.4, 0.5) is 15.9 Å². The number of nitrogens with zero attached hydrogens (tertiary/aromatic N) is 2. The van der Waals surface area contributed by atoms with E-state index < -0.39 is 35.1 Å². The smallest absolute Gasteiger partial charge is 0.248 e. The maximum absolute atomic E-state index is 14.3. The van der Waals surface area contributed by atoms with Crippen molar-refractivity contribution >= 4 is 29.2 Å². The first-order valence-corrected chi connectivity index (χ1v) is 12.3. The van der Waals surface area contributed by atoms with Crippen molar-refractivity contribution in [1.29, 1.82) is 0 Å². The summed E-state index contributed by atoms with van der Waals surface area (Å²) in [5, 5.41) is 9.29.